The number of aromatic hydroxyl groups is 1. The van der Waals surface area contributed by atoms with Crippen molar-refractivity contribution in [3.8, 4) is 5.75 Å². The number of rotatable bonds is 4. The summed E-state index contributed by atoms with van der Waals surface area (Å²) >= 11 is 0. The zero-order valence-corrected chi connectivity index (χ0v) is 12.1. The monoisotopic (exact) mass is 287 g/mol. The molecular weight excluding hydrogens is 269 g/mol. The highest BCUT2D eigenvalue weighted by Crippen LogP contribution is 2.21. The molecule has 0 atom stereocenters. The molecule has 21 heavy (non-hydrogen) atoms. The van der Waals surface area contributed by atoms with Crippen LogP contribution in [0.3, 0.4) is 0 Å². The molecule has 0 radical (unpaired) electrons. The molecule has 2 rings (SSSR count). The first kappa shape index (κ1) is 15.0. The van der Waals surface area contributed by atoms with Crippen LogP contribution >= 0.6 is 0 Å². The maximum absolute atomic E-state index is 13.0. The summed E-state index contributed by atoms with van der Waals surface area (Å²) in [6.07, 6.45) is 0.616. The van der Waals surface area contributed by atoms with Gasteiger partial charge in [-0.25, -0.2) is 4.39 Å². The summed E-state index contributed by atoms with van der Waals surface area (Å²) in [6, 6.07) is 9.67. The Kier molecular flexibility index (Phi) is 4.58. The molecule has 110 valence electrons. The van der Waals surface area contributed by atoms with Crippen molar-refractivity contribution in [1.29, 1.82) is 0 Å². The number of hydrogen-bond donors (Lipinski definition) is 2. The quantitative estimate of drug-likeness (QED) is 0.907. The van der Waals surface area contributed by atoms with Crippen molar-refractivity contribution in [1.82, 2.24) is 5.32 Å². The van der Waals surface area contributed by atoms with Gasteiger partial charge >= 0.3 is 0 Å². The fourth-order valence-corrected chi connectivity index (χ4v) is 2.19. The van der Waals surface area contributed by atoms with Gasteiger partial charge in [0.1, 0.15) is 11.6 Å². The number of carbonyl (C=O) groups excluding carboxylic acids is 1. The van der Waals surface area contributed by atoms with E-state index < -0.39 is 0 Å². The smallest absolute Gasteiger partial charge is 0.255 e. The first-order valence-electron chi connectivity index (χ1n) is 6.81. The summed E-state index contributed by atoms with van der Waals surface area (Å²) < 4.78 is 13.0. The number of halogens is 1. The lowest BCUT2D eigenvalue weighted by Crippen LogP contribution is -2.26. The summed E-state index contributed by atoms with van der Waals surface area (Å²) in [5.41, 5.74) is 2.79. The van der Waals surface area contributed by atoms with Gasteiger partial charge in [0, 0.05) is 6.54 Å². The highest BCUT2D eigenvalue weighted by Gasteiger charge is 2.11. The van der Waals surface area contributed by atoms with E-state index in [1.165, 1.54) is 12.1 Å². The molecule has 0 aliphatic rings. The van der Waals surface area contributed by atoms with E-state index in [1.54, 1.807) is 31.2 Å². The van der Waals surface area contributed by atoms with Crippen molar-refractivity contribution in [3.63, 3.8) is 0 Å². The van der Waals surface area contributed by atoms with Crippen LogP contribution in [0.25, 0.3) is 0 Å². The Labute approximate surface area is 123 Å². The van der Waals surface area contributed by atoms with E-state index in [1.807, 2.05) is 6.92 Å². The Balaban J connectivity index is 1.97. The number of carbonyl (C=O) groups is 1. The minimum atomic E-state index is -0.309. The summed E-state index contributed by atoms with van der Waals surface area (Å²) in [7, 11) is 0. The first-order chi connectivity index (χ1) is 9.99. The molecule has 4 heteroatoms. The lowest BCUT2D eigenvalue weighted by molar-refractivity contribution is 0.0951. The zero-order valence-electron chi connectivity index (χ0n) is 12.1. The van der Waals surface area contributed by atoms with E-state index in [2.05, 4.69) is 5.32 Å². The molecule has 1 amide bonds. The highest BCUT2D eigenvalue weighted by atomic mass is 19.1. The number of nitrogens with one attached hydrogen (secondary N) is 1. The van der Waals surface area contributed by atoms with Crippen molar-refractivity contribution < 1.29 is 14.3 Å². The first-order valence-corrected chi connectivity index (χ1v) is 6.81. The van der Waals surface area contributed by atoms with Crippen molar-refractivity contribution in [2.75, 3.05) is 6.54 Å². The van der Waals surface area contributed by atoms with Crippen LogP contribution < -0.4 is 5.32 Å². The van der Waals surface area contributed by atoms with Gasteiger partial charge < -0.3 is 10.4 Å². The van der Waals surface area contributed by atoms with Gasteiger partial charge in [-0.2, -0.15) is 0 Å². The van der Waals surface area contributed by atoms with Crippen LogP contribution in [0.15, 0.2) is 36.4 Å². The maximum Gasteiger partial charge on any atom is 0.255 e. The third-order valence-corrected chi connectivity index (χ3v) is 3.47. The second kappa shape index (κ2) is 6.39. The summed E-state index contributed by atoms with van der Waals surface area (Å²) in [5.74, 6) is -0.561. The van der Waals surface area contributed by atoms with Gasteiger partial charge in [-0.3, -0.25) is 4.79 Å². The number of phenolic OH excluding ortho intramolecular Hbond substituents is 1. The standard InChI is InChI=1S/C17H18FNO2/c1-11-4-3-5-15(16(11)20)17(21)19-9-8-13-6-7-14(18)10-12(13)2/h3-7,10,20H,8-9H2,1-2H3,(H,19,21). The molecular formula is C17H18FNO2. The fourth-order valence-electron chi connectivity index (χ4n) is 2.19. The average Bonchev–Trinajstić information content (AvgIpc) is 2.44. The Morgan fingerprint density at radius 1 is 1.19 bits per heavy atom. The van der Waals surface area contributed by atoms with E-state index in [9.17, 15) is 14.3 Å². The van der Waals surface area contributed by atoms with Gasteiger partial charge in [0.15, 0.2) is 0 Å². The lowest BCUT2D eigenvalue weighted by atomic mass is 10.1. The number of para-hydroxylation sites is 1. The molecule has 2 aromatic carbocycles. The molecule has 0 unspecified atom stereocenters. The molecule has 3 nitrogen and oxygen atoms in total. The minimum Gasteiger partial charge on any atom is -0.507 e. The Hall–Kier alpha value is -2.36. The Morgan fingerprint density at radius 2 is 1.95 bits per heavy atom. The second-order valence-electron chi connectivity index (χ2n) is 5.05. The number of amides is 1. The van der Waals surface area contributed by atoms with E-state index in [0.29, 0.717) is 18.5 Å². The average molecular weight is 287 g/mol. The van der Waals surface area contributed by atoms with Crippen LogP contribution in [0.5, 0.6) is 5.75 Å². The maximum atomic E-state index is 13.0. The molecule has 0 aliphatic heterocycles. The van der Waals surface area contributed by atoms with Crippen molar-refractivity contribution in [3.05, 3.63) is 64.5 Å². The fraction of sp³-hybridized carbons (Fsp3) is 0.235. The number of aryl methyl sites for hydroxylation is 2. The topological polar surface area (TPSA) is 49.3 Å². The molecule has 0 aliphatic carbocycles. The second-order valence-corrected chi connectivity index (χ2v) is 5.05. The zero-order chi connectivity index (χ0) is 15.4. The molecule has 0 aromatic heterocycles. The summed E-state index contributed by atoms with van der Waals surface area (Å²) in [5, 5.41) is 12.6. The molecule has 0 spiro atoms. The third-order valence-electron chi connectivity index (χ3n) is 3.47. The number of hydrogen-bond acceptors (Lipinski definition) is 2. The van der Waals surface area contributed by atoms with Crippen LogP contribution in [0, 0.1) is 19.7 Å². The molecule has 2 N–H and O–H groups in total. The third kappa shape index (κ3) is 3.60. The van der Waals surface area contributed by atoms with Crippen LogP contribution in [-0.2, 0) is 6.42 Å². The molecule has 0 heterocycles. The summed E-state index contributed by atoms with van der Waals surface area (Å²) in [6.45, 7) is 4.01. The predicted molar refractivity (Wildman–Crippen MR) is 80.0 cm³/mol. The lowest BCUT2D eigenvalue weighted by Gasteiger charge is -2.09. The van der Waals surface area contributed by atoms with Crippen molar-refractivity contribution in [2.24, 2.45) is 0 Å². The minimum absolute atomic E-state index is 0.00737. The van der Waals surface area contributed by atoms with Crippen LogP contribution in [0.1, 0.15) is 27.0 Å². The highest BCUT2D eigenvalue weighted by molar-refractivity contribution is 5.97. The normalized spacial score (nSPS) is 10.4. The van der Waals surface area contributed by atoms with Crippen molar-refractivity contribution in [2.45, 2.75) is 20.3 Å². The number of phenols is 1. The van der Waals surface area contributed by atoms with E-state index in [0.717, 1.165) is 11.1 Å². The van der Waals surface area contributed by atoms with Gasteiger partial charge in [0.25, 0.3) is 5.91 Å². The van der Waals surface area contributed by atoms with Gasteiger partial charge in [-0.15, -0.1) is 0 Å². The predicted octanol–water partition coefficient (Wildman–Crippen LogP) is 3.12. The van der Waals surface area contributed by atoms with E-state index >= 15 is 0 Å². The molecule has 0 saturated heterocycles. The van der Waals surface area contributed by atoms with Crippen LogP contribution in [0.2, 0.25) is 0 Å². The largest absolute Gasteiger partial charge is 0.507 e. The molecule has 2 aromatic rings. The molecule has 0 bridgehead atoms. The van der Waals surface area contributed by atoms with E-state index in [4.69, 9.17) is 0 Å². The SMILES string of the molecule is Cc1cc(F)ccc1CCNC(=O)c1cccc(C)c1O. The van der Waals surface area contributed by atoms with Gasteiger partial charge in [0.2, 0.25) is 0 Å². The van der Waals surface area contributed by atoms with E-state index in [-0.39, 0.29) is 23.0 Å². The Morgan fingerprint density at radius 3 is 2.67 bits per heavy atom. The number of benzene rings is 2. The van der Waals surface area contributed by atoms with Gasteiger partial charge in [-0.1, -0.05) is 18.2 Å². The van der Waals surface area contributed by atoms with Gasteiger partial charge in [-0.05, 0) is 55.2 Å². The van der Waals surface area contributed by atoms with Crippen LogP contribution in [-0.4, -0.2) is 17.6 Å². The summed E-state index contributed by atoms with van der Waals surface area (Å²) in [4.78, 5) is 12.0. The Bertz CT molecular complexity index is 668. The van der Waals surface area contributed by atoms with Gasteiger partial charge in [0.05, 0.1) is 5.56 Å². The van der Waals surface area contributed by atoms with Crippen molar-refractivity contribution >= 4 is 5.91 Å². The molecule has 0 fully saturated rings. The molecule has 0 saturated carbocycles. The van der Waals surface area contributed by atoms with Crippen LogP contribution in [0.4, 0.5) is 4.39 Å².